The van der Waals surface area contributed by atoms with Crippen LogP contribution < -0.4 is 11.5 Å². The zero-order valence-electron chi connectivity index (χ0n) is 16.3. The average Bonchev–Trinajstić information content (AvgIpc) is 2.65. The fourth-order valence-electron chi connectivity index (χ4n) is 4.78. The van der Waals surface area contributed by atoms with Gasteiger partial charge in [0.2, 0.25) is 5.91 Å². The van der Waals surface area contributed by atoms with E-state index >= 15 is 0 Å². The molecular formula is C21H41N3O. The zero-order chi connectivity index (χ0) is 17.9. The van der Waals surface area contributed by atoms with E-state index < -0.39 is 0 Å². The summed E-state index contributed by atoms with van der Waals surface area (Å²) in [4.78, 5) is 14.9. The standard InChI is InChI=1S/C21H41N3O/c22-14-8-16-24(15-7-13-18-9-3-1-4-10-18)21(25)20(23)17-19-11-5-2-6-12-19/h18-20H,1-17,22-23H2/t20-/m0/s1. The maximum absolute atomic E-state index is 12.9. The molecule has 0 aliphatic heterocycles. The number of rotatable bonds is 10. The van der Waals surface area contributed by atoms with Crippen molar-refractivity contribution < 1.29 is 4.79 Å². The second-order valence-corrected chi connectivity index (χ2v) is 8.46. The Bertz CT molecular complexity index is 362. The molecule has 2 rings (SSSR count). The number of amides is 1. The van der Waals surface area contributed by atoms with Crippen LogP contribution in [0, 0.1) is 11.8 Å². The summed E-state index contributed by atoms with van der Waals surface area (Å²) in [6.07, 6.45) is 17.6. The van der Waals surface area contributed by atoms with Crippen molar-refractivity contribution in [2.75, 3.05) is 19.6 Å². The maximum atomic E-state index is 12.9. The Hall–Kier alpha value is -0.610. The lowest BCUT2D eigenvalue weighted by Crippen LogP contribution is -2.46. The van der Waals surface area contributed by atoms with E-state index in [4.69, 9.17) is 11.5 Å². The molecule has 2 saturated carbocycles. The van der Waals surface area contributed by atoms with Crippen molar-refractivity contribution in [2.45, 2.75) is 95.9 Å². The Kier molecular flexibility index (Phi) is 9.85. The average molecular weight is 352 g/mol. The third kappa shape index (κ3) is 7.65. The molecular weight excluding hydrogens is 310 g/mol. The molecule has 0 aromatic carbocycles. The molecule has 0 unspecified atom stereocenters. The first kappa shape index (κ1) is 20.7. The van der Waals surface area contributed by atoms with Gasteiger partial charge < -0.3 is 16.4 Å². The predicted octanol–water partition coefficient (Wildman–Crippen LogP) is 3.82. The number of hydrogen-bond donors (Lipinski definition) is 2. The Morgan fingerprint density at radius 2 is 1.44 bits per heavy atom. The minimum atomic E-state index is -0.310. The van der Waals surface area contributed by atoms with Crippen LogP contribution in [0.4, 0.5) is 0 Å². The van der Waals surface area contributed by atoms with Crippen LogP contribution in [0.15, 0.2) is 0 Å². The summed E-state index contributed by atoms with van der Waals surface area (Å²) in [5.74, 6) is 1.71. The molecule has 0 saturated heterocycles. The second kappa shape index (κ2) is 11.9. The van der Waals surface area contributed by atoms with Gasteiger partial charge >= 0.3 is 0 Å². The summed E-state index contributed by atoms with van der Waals surface area (Å²) in [5.41, 5.74) is 12.0. The number of carbonyl (C=O) groups is 1. The molecule has 1 amide bonds. The molecule has 0 aromatic rings. The first-order valence-electron chi connectivity index (χ1n) is 10.9. The van der Waals surface area contributed by atoms with Crippen molar-refractivity contribution in [1.82, 2.24) is 4.90 Å². The van der Waals surface area contributed by atoms with Crippen LogP contribution in [0.3, 0.4) is 0 Å². The lowest BCUT2D eigenvalue weighted by molar-refractivity contribution is -0.133. The van der Waals surface area contributed by atoms with Crippen LogP contribution in [-0.4, -0.2) is 36.5 Å². The highest BCUT2D eigenvalue weighted by Gasteiger charge is 2.25. The van der Waals surface area contributed by atoms with Gasteiger partial charge in [-0.1, -0.05) is 64.2 Å². The van der Waals surface area contributed by atoms with Gasteiger partial charge in [-0.2, -0.15) is 0 Å². The van der Waals surface area contributed by atoms with Crippen molar-refractivity contribution in [3.8, 4) is 0 Å². The molecule has 2 fully saturated rings. The minimum Gasteiger partial charge on any atom is -0.341 e. The lowest BCUT2D eigenvalue weighted by Gasteiger charge is -2.30. The third-order valence-corrected chi connectivity index (χ3v) is 6.34. The third-order valence-electron chi connectivity index (χ3n) is 6.34. The summed E-state index contributed by atoms with van der Waals surface area (Å²) >= 11 is 0. The van der Waals surface area contributed by atoms with Crippen LogP contribution >= 0.6 is 0 Å². The highest BCUT2D eigenvalue weighted by molar-refractivity contribution is 5.81. The molecule has 1 atom stereocenters. The van der Waals surface area contributed by atoms with Gasteiger partial charge in [0.05, 0.1) is 6.04 Å². The molecule has 0 spiro atoms. The molecule has 4 heteroatoms. The molecule has 4 nitrogen and oxygen atoms in total. The minimum absolute atomic E-state index is 0.169. The van der Waals surface area contributed by atoms with Crippen LogP contribution in [-0.2, 0) is 4.79 Å². The maximum Gasteiger partial charge on any atom is 0.239 e. The Labute approximate surface area is 155 Å². The smallest absolute Gasteiger partial charge is 0.239 e. The SMILES string of the molecule is NCCCN(CCCC1CCCCC1)C(=O)[C@@H](N)CC1CCCCC1. The molecule has 146 valence electrons. The topological polar surface area (TPSA) is 72.3 Å². The molecule has 0 radical (unpaired) electrons. The Balaban J connectivity index is 1.76. The van der Waals surface area contributed by atoms with Gasteiger partial charge in [-0.05, 0) is 44.1 Å². The summed E-state index contributed by atoms with van der Waals surface area (Å²) in [6, 6.07) is -0.310. The monoisotopic (exact) mass is 351 g/mol. The zero-order valence-corrected chi connectivity index (χ0v) is 16.3. The fourth-order valence-corrected chi connectivity index (χ4v) is 4.78. The molecule has 0 bridgehead atoms. The van der Waals surface area contributed by atoms with E-state index in [9.17, 15) is 4.79 Å². The second-order valence-electron chi connectivity index (χ2n) is 8.46. The van der Waals surface area contributed by atoms with Crippen LogP contribution in [0.25, 0.3) is 0 Å². The number of carbonyl (C=O) groups excluding carboxylic acids is 1. The quantitative estimate of drug-likeness (QED) is 0.628. The molecule has 2 aliphatic rings. The van der Waals surface area contributed by atoms with Gasteiger partial charge in [0.25, 0.3) is 0 Å². The van der Waals surface area contributed by atoms with E-state index in [1.807, 2.05) is 4.90 Å². The van der Waals surface area contributed by atoms with Crippen LogP contribution in [0.2, 0.25) is 0 Å². The number of hydrogen-bond acceptors (Lipinski definition) is 3. The van der Waals surface area contributed by atoms with Crippen LogP contribution in [0.5, 0.6) is 0 Å². The van der Waals surface area contributed by atoms with Gasteiger partial charge in [-0.15, -0.1) is 0 Å². The lowest BCUT2D eigenvalue weighted by atomic mass is 9.84. The van der Waals surface area contributed by atoms with Gasteiger partial charge in [0.1, 0.15) is 0 Å². The van der Waals surface area contributed by atoms with E-state index in [2.05, 4.69) is 0 Å². The molecule has 0 aromatic heterocycles. The van der Waals surface area contributed by atoms with E-state index in [-0.39, 0.29) is 11.9 Å². The fraction of sp³-hybridized carbons (Fsp3) is 0.952. The highest BCUT2D eigenvalue weighted by Crippen LogP contribution is 2.28. The van der Waals surface area contributed by atoms with E-state index in [1.54, 1.807) is 0 Å². The van der Waals surface area contributed by atoms with E-state index in [1.165, 1.54) is 70.6 Å². The van der Waals surface area contributed by atoms with Crippen molar-refractivity contribution >= 4 is 5.91 Å². The summed E-state index contributed by atoms with van der Waals surface area (Å²) in [6.45, 7) is 2.29. The molecule has 25 heavy (non-hydrogen) atoms. The van der Waals surface area contributed by atoms with Crippen molar-refractivity contribution in [2.24, 2.45) is 23.3 Å². The Morgan fingerprint density at radius 1 is 0.880 bits per heavy atom. The molecule has 2 aliphatic carbocycles. The van der Waals surface area contributed by atoms with Gasteiger partial charge in [0.15, 0.2) is 0 Å². The Morgan fingerprint density at radius 3 is 2.04 bits per heavy atom. The van der Waals surface area contributed by atoms with Crippen molar-refractivity contribution in [1.29, 1.82) is 0 Å². The number of nitrogens with zero attached hydrogens (tertiary/aromatic N) is 1. The van der Waals surface area contributed by atoms with Gasteiger partial charge in [0, 0.05) is 13.1 Å². The first-order chi connectivity index (χ1) is 12.2. The summed E-state index contributed by atoms with van der Waals surface area (Å²) < 4.78 is 0. The summed E-state index contributed by atoms with van der Waals surface area (Å²) in [5, 5.41) is 0. The largest absolute Gasteiger partial charge is 0.341 e. The van der Waals surface area contributed by atoms with Gasteiger partial charge in [-0.25, -0.2) is 0 Å². The normalized spacial score (nSPS) is 21.2. The van der Waals surface area contributed by atoms with Crippen LogP contribution in [0.1, 0.15) is 89.9 Å². The summed E-state index contributed by atoms with van der Waals surface area (Å²) in [7, 11) is 0. The van der Waals surface area contributed by atoms with Crippen molar-refractivity contribution in [3.05, 3.63) is 0 Å². The first-order valence-corrected chi connectivity index (χ1v) is 10.9. The van der Waals surface area contributed by atoms with Gasteiger partial charge in [-0.3, -0.25) is 4.79 Å². The highest BCUT2D eigenvalue weighted by atomic mass is 16.2. The van der Waals surface area contributed by atoms with Crippen molar-refractivity contribution in [3.63, 3.8) is 0 Å². The molecule has 0 heterocycles. The molecule has 4 N–H and O–H groups in total. The number of nitrogens with two attached hydrogens (primary N) is 2. The van der Waals surface area contributed by atoms with E-state index in [0.29, 0.717) is 12.5 Å². The van der Waals surface area contributed by atoms with E-state index in [0.717, 1.165) is 38.3 Å². The predicted molar refractivity (Wildman–Crippen MR) is 105 cm³/mol.